The molecule has 0 fully saturated rings. The standard InChI is InChI=1S/C14H20N2OS/c1-12(14-6-3-9-17-14)15-7-8-16(2)11-13-5-4-10-18-13/h3-6,9-10,12,15H,7-8,11H2,1-2H3. The SMILES string of the molecule is CC(NCCN(C)Cc1cccs1)c1ccco1. The van der Waals surface area contributed by atoms with Crippen LogP contribution in [0.25, 0.3) is 0 Å². The zero-order valence-electron chi connectivity index (χ0n) is 10.9. The van der Waals surface area contributed by atoms with Crippen LogP contribution < -0.4 is 5.32 Å². The summed E-state index contributed by atoms with van der Waals surface area (Å²) in [4.78, 5) is 3.74. The molecule has 2 rings (SSSR count). The summed E-state index contributed by atoms with van der Waals surface area (Å²) in [5.41, 5.74) is 0. The summed E-state index contributed by atoms with van der Waals surface area (Å²) in [6, 6.07) is 8.49. The van der Waals surface area contributed by atoms with Gasteiger partial charge in [-0.1, -0.05) is 6.07 Å². The van der Waals surface area contributed by atoms with Gasteiger partial charge in [-0.3, -0.25) is 0 Å². The Kier molecular flexibility index (Phi) is 4.99. The fourth-order valence-electron chi connectivity index (χ4n) is 1.86. The van der Waals surface area contributed by atoms with Crippen LogP contribution in [0.5, 0.6) is 0 Å². The third-order valence-electron chi connectivity index (χ3n) is 2.92. The molecule has 2 heterocycles. The minimum atomic E-state index is 0.273. The van der Waals surface area contributed by atoms with E-state index in [1.807, 2.05) is 23.5 Å². The zero-order valence-corrected chi connectivity index (χ0v) is 11.7. The molecule has 0 bridgehead atoms. The molecular weight excluding hydrogens is 244 g/mol. The van der Waals surface area contributed by atoms with Gasteiger partial charge < -0.3 is 14.6 Å². The molecule has 1 unspecified atom stereocenters. The Hall–Kier alpha value is -1.10. The summed E-state index contributed by atoms with van der Waals surface area (Å²) in [6.07, 6.45) is 1.72. The van der Waals surface area contributed by atoms with Crippen LogP contribution in [0.3, 0.4) is 0 Å². The minimum absolute atomic E-state index is 0.273. The number of rotatable bonds is 7. The van der Waals surface area contributed by atoms with Gasteiger partial charge in [0.1, 0.15) is 5.76 Å². The van der Waals surface area contributed by atoms with Crippen LogP contribution in [0.15, 0.2) is 40.3 Å². The molecule has 0 aliphatic carbocycles. The summed E-state index contributed by atoms with van der Waals surface area (Å²) in [6.45, 7) is 5.14. The molecule has 0 spiro atoms. The van der Waals surface area contributed by atoms with Crippen LogP contribution in [0, 0.1) is 0 Å². The number of hydrogen-bond acceptors (Lipinski definition) is 4. The van der Waals surface area contributed by atoms with Crippen LogP contribution in [0.2, 0.25) is 0 Å². The van der Waals surface area contributed by atoms with E-state index in [0.717, 1.165) is 25.4 Å². The fourth-order valence-corrected chi connectivity index (χ4v) is 2.64. The summed E-state index contributed by atoms with van der Waals surface area (Å²) in [5.74, 6) is 0.996. The van der Waals surface area contributed by atoms with Crippen molar-refractivity contribution in [2.45, 2.75) is 19.5 Å². The lowest BCUT2D eigenvalue weighted by molar-refractivity contribution is 0.315. The van der Waals surface area contributed by atoms with E-state index in [0.29, 0.717) is 0 Å². The van der Waals surface area contributed by atoms with Gasteiger partial charge in [0.25, 0.3) is 0 Å². The van der Waals surface area contributed by atoms with E-state index >= 15 is 0 Å². The molecule has 2 aromatic heterocycles. The van der Waals surface area contributed by atoms with E-state index in [-0.39, 0.29) is 6.04 Å². The Morgan fingerprint density at radius 1 is 1.39 bits per heavy atom. The molecule has 1 atom stereocenters. The van der Waals surface area contributed by atoms with Crippen LogP contribution in [-0.4, -0.2) is 25.0 Å². The first kappa shape index (κ1) is 13.3. The quantitative estimate of drug-likeness (QED) is 0.833. The van der Waals surface area contributed by atoms with Crippen molar-refractivity contribution in [2.24, 2.45) is 0 Å². The second-order valence-corrected chi connectivity index (χ2v) is 5.54. The first-order chi connectivity index (χ1) is 8.75. The third kappa shape index (κ3) is 3.98. The predicted octanol–water partition coefficient (Wildman–Crippen LogP) is 3.12. The number of furan rings is 1. The van der Waals surface area contributed by atoms with Crippen LogP contribution in [0.4, 0.5) is 0 Å². The molecule has 98 valence electrons. The Morgan fingerprint density at radius 2 is 2.28 bits per heavy atom. The van der Waals surface area contributed by atoms with Gasteiger partial charge >= 0.3 is 0 Å². The van der Waals surface area contributed by atoms with Crippen molar-refractivity contribution >= 4 is 11.3 Å². The number of thiophene rings is 1. The lowest BCUT2D eigenvalue weighted by atomic mass is 10.2. The Morgan fingerprint density at radius 3 is 2.94 bits per heavy atom. The predicted molar refractivity (Wildman–Crippen MR) is 75.8 cm³/mol. The Labute approximate surface area is 112 Å². The second-order valence-electron chi connectivity index (χ2n) is 4.51. The van der Waals surface area contributed by atoms with Gasteiger partial charge in [-0.2, -0.15) is 0 Å². The molecule has 0 aliphatic rings. The Bertz CT molecular complexity index is 425. The van der Waals surface area contributed by atoms with E-state index in [4.69, 9.17) is 4.42 Å². The number of likely N-dealkylation sites (N-methyl/N-ethyl adjacent to an activating group) is 1. The first-order valence-electron chi connectivity index (χ1n) is 6.23. The van der Waals surface area contributed by atoms with Crippen molar-refractivity contribution in [3.63, 3.8) is 0 Å². The van der Waals surface area contributed by atoms with E-state index in [1.54, 1.807) is 6.26 Å². The first-order valence-corrected chi connectivity index (χ1v) is 7.11. The maximum Gasteiger partial charge on any atom is 0.120 e. The van der Waals surface area contributed by atoms with E-state index < -0.39 is 0 Å². The van der Waals surface area contributed by atoms with E-state index in [9.17, 15) is 0 Å². The van der Waals surface area contributed by atoms with Gasteiger partial charge in [0.2, 0.25) is 0 Å². The van der Waals surface area contributed by atoms with Crippen molar-refractivity contribution in [2.75, 3.05) is 20.1 Å². The molecule has 0 aliphatic heterocycles. The highest BCUT2D eigenvalue weighted by Crippen LogP contribution is 2.12. The maximum absolute atomic E-state index is 5.36. The number of nitrogens with one attached hydrogen (secondary N) is 1. The lowest BCUT2D eigenvalue weighted by Crippen LogP contribution is -2.30. The van der Waals surface area contributed by atoms with Gasteiger partial charge in [0.15, 0.2) is 0 Å². The molecule has 18 heavy (non-hydrogen) atoms. The largest absolute Gasteiger partial charge is 0.468 e. The average Bonchev–Trinajstić information content (AvgIpc) is 3.00. The molecule has 3 nitrogen and oxygen atoms in total. The Balaban J connectivity index is 1.66. The summed E-state index contributed by atoms with van der Waals surface area (Å²) in [5, 5.41) is 5.59. The fraction of sp³-hybridized carbons (Fsp3) is 0.429. The van der Waals surface area contributed by atoms with E-state index in [1.165, 1.54) is 4.88 Å². The smallest absolute Gasteiger partial charge is 0.120 e. The maximum atomic E-state index is 5.36. The van der Waals surface area contributed by atoms with Gasteiger partial charge in [0.05, 0.1) is 12.3 Å². The number of nitrogens with zero attached hydrogens (tertiary/aromatic N) is 1. The van der Waals surface area contributed by atoms with Gasteiger partial charge in [-0.25, -0.2) is 0 Å². The van der Waals surface area contributed by atoms with Gasteiger partial charge in [-0.05, 0) is 37.6 Å². The van der Waals surface area contributed by atoms with Crippen LogP contribution in [0.1, 0.15) is 23.6 Å². The van der Waals surface area contributed by atoms with Crippen molar-refractivity contribution < 1.29 is 4.42 Å². The number of hydrogen-bond donors (Lipinski definition) is 1. The van der Waals surface area contributed by atoms with Crippen LogP contribution >= 0.6 is 11.3 Å². The zero-order chi connectivity index (χ0) is 12.8. The second kappa shape index (κ2) is 6.73. The van der Waals surface area contributed by atoms with Crippen molar-refractivity contribution in [1.82, 2.24) is 10.2 Å². The third-order valence-corrected chi connectivity index (χ3v) is 3.78. The topological polar surface area (TPSA) is 28.4 Å². The van der Waals surface area contributed by atoms with Crippen molar-refractivity contribution in [3.8, 4) is 0 Å². The molecule has 1 N–H and O–H groups in total. The normalized spacial score (nSPS) is 13.1. The van der Waals surface area contributed by atoms with Crippen molar-refractivity contribution in [3.05, 3.63) is 46.5 Å². The molecule has 0 radical (unpaired) electrons. The van der Waals surface area contributed by atoms with Crippen molar-refractivity contribution in [1.29, 1.82) is 0 Å². The summed E-state index contributed by atoms with van der Waals surface area (Å²) in [7, 11) is 2.15. The molecule has 0 saturated heterocycles. The van der Waals surface area contributed by atoms with Gasteiger partial charge in [-0.15, -0.1) is 11.3 Å². The highest BCUT2D eigenvalue weighted by molar-refractivity contribution is 7.09. The van der Waals surface area contributed by atoms with Crippen LogP contribution in [-0.2, 0) is 6.54 Å². The van der Waals surface area contributed by atoms with Gasteiger partial charge in [0, 0.05) is 24.5 Å². The highest BCUT2D eigenvalue weighted by Gasteiger charge is 2.07. The summed E-state index contributed by atoms with van der Waals surface area (Å²) >= 11 is 1.81. The average molecular weight is 264 g/mol. The molecule has 0 aromatic carbocycles. The molecule has 0 saturated carbocycles. The molecule has 4 heteroatoms. The lowest BCUT2D eigenvalue weighted by Gasteiger charge is -2.17. The van der Waals surface area contributed by atoms with E-state index in [2.05, 4.69) is 41.7 Å². The molecule has 2 aromatic rings. The highest BCUT2D eigenvalue weighted by atomic mass is 32.1. The summed E-state index contributed by atoms with van der Waals surface area (Å²) < 4.78 is 5.36. The molecular formula is C14H20N2OS. The minimum Gasteiger partial charge on any atom is -0.468 e. The monoisotopic (exact) mass is 264 g/mol. The molecule has 0 amide bonds.